The number of oxazole rings is 1. The van der Waals surface area contributed by atoms with Gasteiger partial charge in [-0.15, -0.1) is 0 Å². The number of carbonyl (C=O) groups is 1. The highest BCUT2D eigenvalue weighted by Crippen LogP contribution is 2.20. The molecular formula is C18H24N2O3. The van der Waals surface area contributed by atoms with Gasteiger partial charge in [-0.3, -0.25) is 4.79 Å². The number of aromatic nitrogens is 1. The molecule has 0 aliphatic carbocycles. The lowest BCUT2D eigenvalue weighted by Gasteiger charge is -2.27. The predicted octanol–water partition coefficient (Wildman–Crippen LogP) is 3.40. The monoisotopic (exact) mass is 316 g/mol. The van der Waals surface area contributed by atoms with Crippen molar-refractivity contribution in [3.05, 3.63) is 42.4 Å². The van der Waals surface area contributed by atoms with Crippen molar-refractivity contribution in [1.29, 1.82) is 0 Å². The number of aliphatic hydroxyl groups is 1. The number of nitrogens with zero attached hydrogens (tertiary/aromatic N) is 1. The van der Waals surface area contributed by atoms with Gasteiger partial charge in [-0.2, -0.15) is 0 Å². The summed E-state index contributed by atoms with van der Waals surface area (Å²) >= 11 is 0. The van der Waals surface area contributed by atoms with Crippen LogP contribution in [0, 0.1) is 0 Å². The third kappa shape index (κ3) is 4.66. The normalized spacial score (nSPS) is 11.4. The molecule has 0 fully saturated rings. The lowest BCUT2D eigenvalue weighted by Crippen LogP contribution is -2.42. The van der Waals surface area contributed by atoms with Gasteiger partial charge in [0.2, 0.25) is 0 Å². The minimum atomic E-state index is -0.820. The first-order chi connectivity index (χ1) is 11.1. The molecule has 1 heterocycles. The van der Waals surface area contributed by atoms with Crippen molar-refractivity contribution in [2.24, 2.45) is 0 Å². The number of nitrogens with one attached hydrogen (secondary N) is 1. The number of carbonyl (C=O) groups excluding carboxylic acids is 1. The van der Waals surface area contributed by atoms with Gasteiger partial charge in [-0.1, -0.05) is 38.8 Å². The Kier molecular flexibility index (Phi) is 5.93. The lowest BCUT2D eigenvalue weighted by molar-refractivity contribution is 0.0213. The van der Waals surface area contributed by atoms with Crippen LogP contribution in [-0.2, 0) is 0 Å². The van der Waals surface area contributed by atoms with Crippen molar-refractivity contribution in [3.63, 3.8) is 0 Å². The summed E-state index contributed by atoms with van der Waals surface area (Å²) < 4.78 is 5.22. The second-order valence-corrected chi connectivity index (χ2v) is 5.85. The molecule has 23 heavy (non-hydrogen) atoms. The van der Waals surface area contributed by atoms with E-state index in [9.17, 15) is 9.90 Å². The van der Waals surface area contributed by atoms with Crippen LogP contribution in [0.1, 0.15) is 49.9 Å². The molecule has 0 unspecified atom stereocenters. The highest BCUT2D eigenvalue weighted by atomic mass is 16.3. The minimum absolute atomic E-state index is 0.181. The van der Waals surface area contributed by atoms with Gasteiger partial charge in [0.05, 0.1) is 11.8 Å². The molecule has 0 saturated carbocycles. The summed E-state index contributed by atoms with van der Waals surface area (Å²) in [6, 6.07) is 7.12. The van der Waals surface area contributed by atoms with Gasteiger partial charge in [0.15, 0.2) is 12.2 Å². The molecule has 0 aliphatic rings. The third-order valence-electron chi connectivity index (χ3n) is 3.87. The zero-order valence-electron chi connectivity index (χ0n) is 13.7. The molecule has 0 bridgehead atoms. The molecule has 2 rings (SSSR count). The van der Waals surface area contributed by atoms with Crippen LogP contribution in [0.5, 0.6) is 0 Å². The van der Waals surface area contributed by atoms with E-state index in [-0.39, 0.29) is 12.5 Å². The number of amides is 1. The van der Waals surface area contributed by atoms with Gasteiger partial charge < -0.3 is 14.8 Å². The first-order valence-electron chi connectivity index (χ1n) is 8.07. The standard InChI is InChI=1S/C18H24N2O3/c1-3-9-18(22,10-4-2)12-20-17(21)15-7-5-14(6-8-15)16-11-19-13-23-16/h5-8,11,13,22H,3-4,9-10,12H2,1-2H3,(H,20,21). The maximum atomic E-state index is 12.2. The maximum Gasteiger partial charge on any atom is 0.251 e. The van der Waals surface area contributed by atoms with Crippen LogP contribution >= 0.6 is 0 Å². The average Bonchev–Trinajstić information content (AvgIpc) is 3.08. The summed E-state index contributed by atoms with van der Waals surface area (Å²) in [5.41, 5.74) is 0.606. The molecule has 2 aromatic rings. The Morgan fingerprint density at radius 2 is 1.87 bits per heavy atom. The summed E-state index contributed by atoms with van der Waals surface area (Å²) in [4.78, 5) is 16.1. The molecule has 1 aromatic heterocycles. The van der Waals surface area contributed by atoms with E-state index in [4.69, 9.17) is 4.42 Å². The van der Waals surface area contributed by atoms with Crippen LogP contribution < -0.4 is 5.32 Å². The molecular weight excluding hydrogens is 292 g/mol. The smallest absolute Gasteiger partial charge is 0.251 e. The zero-order valence-corrected chi connectivity index (χ0v) is 13.7. The topological polar surface area (TPSA) is 75.4 Å². The van der Waals surface area contributed by atoms with Gasteiger partial charge in [-0.25, -0.2) is 4.98 Å². The molecule has 0 spiro atoms. The van der Waals surface area contributed by atoms with E-state index in [2.05, 4.69) is 10.3 Å². The van der Waals surface area contributed by atoms with Crippen molar-refractivity contribution in [3.8, 4) is 11.3 Å². The molecule has 0 atom stereocenters. The third-order valence-corrected chi connectivity index (χ3v) is 3.87. The van der Waals surface area contributed by atoms with Crippen molar-refractivity contribution in [2.75, 3.05) is 6.54 Å². The fraction of sp³-hybridized carbons (Fsp3) is 0.444. The maximum absolute atomic E-state index is 12.2. The van der Waals surface area contributed by atoms with Crippen LogP contribution in [0.3, 0.4) is 0 Å². The van der Waals surface area contributed by atoms with E-state index in [0.717, 1.165) is 18.4 Å². The Labute approximate surface area is 136 Å². The highest BCUT2D eigenvalue weighted by Gasteiger charge is 2.25. The fourth-order valence-electron chi connectivity index (χ4n) is 2.72. The largest absolute Gasteiger partial charge is 0.444 e. The Hall–Kier alpha value is -2.14. The predicted molar refractivity (Wildman–Crippen MR) is 89.0 cm³/mol. The Morgan fingerprint density at radius 1 is 1.22 bits per heavy atom. The van der Waals surface area contributed by atoms with Crippen LogP contribution in [0.4, 0.5) is 0 Å². The van der Waals surface area contributed by atoms with E-state index in [1.54, 1.807) is 18.3 Å². The van der Waals surface area contributed by atoms with Gasteiger partial charge in [-0.05, 0) is 25.0 Å². The molecule has 124 valence electrons. The number of hydrogen-bond donors (Lipinski definition) is 2. The SMILES string of the molecule is CCCC(O)(CCC)CNC(=O)c1ccc(-c2cnco2)cc1. The summed E-state index contributed by atoms with van der Waals surface area (Å²) in [5, 5.41) is 13.4. The Balaban J connectivity index is 1.97. The number of hydrogen-bond acceptors (Lipinski definition) is 4. The van der Waals surface area contributed by atoms with Crippen LogP contribution in [0.15, 0.2) is 41.3 Å². The second-order valence-electron chi connectivity index (χ2n) is 5.85. The molecule has 5 heteroatoms. The summed E-state index contributed by atoms with van der Waals surface area (Å²) in [5.74, 6) is 0.483. The Bertz CT molecular complexity index is 600. The van der Waals surface area contributed by atoms with E-state index < -0.39 is 5.60 Å². The molecule has 1 amide bonds. The van der Waals surface area contributed by atoms with Gasteiger partial charge in [0.1, 0.15) is 0 Å². The van der Waals surface area contributed by atoms with Gasteiger partial charge in [0.25, 0.3) is 5.91 Å². The fourth-order valence-corrected chi connectivity index (χ4v) is 2.72. The second kappa shape index (κ2) is 7.92. The molecule has 1 aromatic carbocycles. The lowest BCUT2D eigenvalue weighted by atomic mass is 9.92. The first-order valence-corrected chi connectivity index (χ1v) is 8.07. The summed E-state index contributed by atoms with van der Waals surface area (Å²) in [6.07, 6.45) is 6.15. The first kappa shape index (κ1) is 17.2. The summed E-state index contributed by atoms with van der Waals surface area (Å²) in [7, 11) is 0. The van der Waals surface area contributed by atoms with E-state index in [0.29, 0.717) is 24.2 Å². The van der Waals surface area contributed by atoms with Crippen LogP contribution in [0.2, 0.25) is 0 Å². The number of benzene rings is 1. The van der Waals surface area contributed by atoms with Crippen molar-refractivity contribution in [1.82, 2.24) is 10.3 Å². The Morgan fingerprint density at radius 3 is 2.39 bits per heavy atom. The molecule has 2 N–H and O–H groups in total. The molecule has 0 aliphatic heterocycles. The number of rotatable bonds is 8. The molecule has 0 saturated heterocycles. The minimum Gasteiger partial charge on any atom is -0.444 e. The van der Waals surface area contributed by atoms with Crippen LogP contribution in [0.25, 0.3) is 11.3 Å². The van der Waals surface area contributed by atoms with Gasteiger partial charge in [0, 0.05) is 17.7 Å². The highest BCUT2D eigenvalue weighted by molar-refractivity contribution is 5.94. The van der Waals surface area contributed by atoms with Crippen molar-refractivity contribution >= 4 is 5.91 Å². The van der Waals surface area contributed by atoms with E-state index in [1.165, 1.54) is 6.39 Å². The zero-order chi connectivity index (χ0) is 16.7. The van der Waals surface area contributed by atoms with Gasteiger partial charge >= 0.3 is 0 Å². The van der Waals surface area contributed by atoms with Crippen LogP contribution in [-0.4, -0.2) is 28.1 Å². The van der Waals surface area contributed by atoms with Crippen molar-refractivity contribution in [2.45, 2.75) is 45.1 Å². The van der Waals surface area contributed by atoms with Crippen molar-refractivity contribution < 1.29 is 14.3 Å². The van der Waals surface area contributed by atoms with E-state index >= 15 is 0 Å². The average molecular weight is 316 g/mol. The molecule has 0 radical (unpaired) electrons. The molecule has 5 nitrogen and oxygen atoms in total. The summed E-state index contributed by atoms with van der Waals surface area (Å²) in [6.45, 7) is 4.34. The quantitative estimate of drug-likeness (QED) is 0.782. The van der Waals surface area contributed by atoms with E-state index in [1.807, 2.05) is 26.0 Å².